The van der Waals surface area contributed by atoms with E-state index in [4.69, 9.17) is 11.6 Å². The number of aromatic nitrogens is 1. The first-order valence-electron chi connectivity index (χ1n) is 5.71. The number of carbonyl (C=O) groups is 1. The van der Waals surface area contributed by atoms with E-state index in [0.717, 1.165) is 22.4 Å². The van der Waals surface area contributed by atoms with Gasteiger partial charge in [0.25, 0.3) is 0 Å². The SMILES string of the molecule is O=C(CCl)NC1c2ccccc2-c2cccnc21. The third-order valence-corrected chi connectivity index (χ3v) is 3.34. The number of pyridine rings is 1. The molecule has 1 aliphatic rings. The van der Waals surface area contributed by atoms with E-state index in [9.17, 15) is 4.79 Å². The second-order valence-corrected chi connectivity index (χ2v) is 4.42. The number of hydrogen-bond donors (Lipinski definition) is 1. The molecule has 0 radical (unpaired) electrons. The molecule has 1 aliphatic carbocycles. The molecule has 1 atom stereocenters. The zero-order chi connectivity index (χ0) is 12.5. The molecule has 1 amide bonds. The maximum Gasteiger partial charge on any atom is 0.235 e. The van der Waals surface area contributed by atoms with Crippen molar-refractivity contribution in [1.29, 1.82) is 0 Å². The molecule has 18 heavy (non-hydrogen) atoms. The standard InChI is InChI=1S/C14H11ClN2O/c15-8-12(18)17-14-11-5-2-1-4-9(11)10-6-3-7-16-13(10)14/h1-7,14H,8H2,(H,17,18). The van der Waals surface area contributed by atoms with Crippen molar-refractivity contribution >= 4 is 17.5 Å². The maximum atomic E-state index is 11.5. The first-order valence-corrected chi connectivity index (χ1v) is 6.24. The summed E-state index contributed by atoms with van der Waals surface area (Å²) in [5.41, 5.74) is 4.16. The molecular weight excluding hydrogens is 248 g/mol. The van der Waals surface area contributed by atoms with Gasteiger partial charge in [-0.25, -0.2) is 0 Å². The van der Waals surface area contributed by atoms with Gasteiger partial charge in [0.2, 0.25) is 5.91 Å². The molecule has 0 fully saturated rings. The molecule has 0 spiro atoms. The fourth-order valence-electron chi connectivity index (χ4n) is 2.36. The molecular formula is C14H11ClN2O. The highest BCUT2D eigenvalue weighted by Crippen LogP contribution is 2.41. The number of fused-ring (bicyclic) bond motifs is 3. The number of alkyl halides is 1. The summed E-state index contributed by atoms with van der Waals surface area (Å²) < 4.78 is 0. The molecule has 0 saturated heterocycles. The Labute approximate surface area is 110 Å². The molecule has 1 aromatic carbocycles. The Hall–Kier alpha value is -1.87. The molecule has 1 aromatic heterocycles. The van der Waals surface area contributed by atoms with Crippen LogP contribution < -0.4 is 5.32 Å². The second-order valence-electron chi connectivity index (χ2n) is 4.16. The summed E-state index contributed by atoms with van der Waals surface area (Å²) >= 11 is 5.55. The molecule has 0 saturated carbocycles. The van der Waals surface area contributed by atoms with Crippen LogP contribution >= 0.6 is 11.6 Å². The molecule has 1 N–H and O–H groups in total. The largest absolute Gasteiger partial charge is 0.343 e. The normalized spacial score (nSPS) is 15.9. The minimum absolute atomic E-state index is 0.0408. The smallest absolute Gasteiger partial charge is 0.235 e. The number of benzene rings is 1. The number of halogens is 1. The molecule has 0 aliphatic heterocycles. The first-order chi connectivity index (χ1) is 8.81. The van der Waals surface area contributed by atoms with Crippen LogP contribution in [0.3, 0.4) is 0 Å². The van der Waals surface area contributed by atoms with Gasteiger partial charge >= 0.3 is 0 Å². The topological polar surface area (TPSA) is 42.0 Å². The Morgan fingerprint density at radius 3 is 2.83 bits per heavy atom. The van der Waals surface area contributed by atoms with Crippen molar-refractivity contribution in [1.82, 2.24) is 10.3 Å². The molecule has 0 bridgehead atoms. The van der Waals surface area contributed by atoms with E-state index in [1.54, 1.807) is 6.20 Å². The summed E-state index contributed by atoms with van der Waals surface area (Å²) in [5, 5.41) is 2.91. The fourth-order valence-corrected chi connectivity index (χ4v) is 2.44. The van der Waals surface area contributed by atoms with Crippen molar-refractivity contribution in [3.8, 4) is 11.1 Å². The van der Waals surface area contributed by atoms with E-state index in [1.807, 2.05) is 36.4 Å². The Morgan fingerprint density at radius 1 is 1.22 bits per heavy atom. The van der Waals surface area contributed by atoms with Crippen molar-refractivity contribution in [2.45, 2.75) is 6.04 Å². The third kappa shape index (κ3) is 1.68. The lowest BCUT2D eigenvalue weighted by molar-refractivity contribution is -0.119. The Bertz CT molecular complexity index is 567. The van der Waals surface area contributed by atoms with E-state index >= 15 is 0 Å². The van der Waals surface area contributed by atoms with Crippen molar-refractivity contribution < 1.29 is 4.79 Å². The number of hydrogen-bond acceptors (Lipinski definition) is 2. The Kier molecular flexibility index (Phi) is 2.76. The van der Waals surface area contributed by atoms with Gasteiger partial charge in [-0.3, -0.25) is 9.78 Å². The number of carbonyl (C=O) groups excluding carboxylic acids is 1. The highest BCUT2D eigenvalue weighted by atomic mass is 35.5. The van der Waals surface area contributed by atoms with Crippen LogP contribution in [0, 0.1) is 0 Å². The van der Waals surface area contributed by atoms with Crippen molar-refractivity contribution in [3.63, 3.8) is 0 Å². The van der Waals surface area contributed by atoms with Gasteiger partial charge < -0.3 is 5.32 Å². The molecule has 2 aromatic rings. The van der Waals surface area contributed by atoms with Crippen LogP contribution in [0.15, 0.2) is 42.6 Å². The molecule has 3 nitrogen and oxygen atoms in total. The average Bonchev–Trinajstić information content (AvgIpc) is 2.74. The molecule has 4 heteroatoms. The summed E-state index contributed by atoms with van der Waals surface area (Å²) in [6.45, 7) is 0. The number of nitrogens with zero attached hydrogens (tertiary/aromatic N) is 1. The van der Waals surface area contributed by atoms with Crippen LogP contribution in [0.2, 0.25) is 0 Å². The van der Waals surface area contributed by atoms with Gasteiger partial charge in [-0.2, -0.15) is 0 Å². The molecule has 1 unspecified atom stereocenters. The highest BCUT2D eigenvalue weighted by molar-refractivity contribution is 6.27. The minimum atomic E-state index is -0.191. The van der Waals surface area contributed by atoms with E-state index in [0.29, 0.717) is 0 Å². The van der Waals surface area contributed by atoms with Gasteiger partial charge in [-0.15, -0.1) is 11.6 Å². The first kappa shape index (κ1) is 11.2. The van der Waals surface area contributed by atoms with Crippen LogP contribution in [0.25, 0.3) is 11.1 Å². The summed E-state index contributed by atoms with van der Waals surface area (Å²) in [5.74, 6) is -0.226. The lowest BCUT2D eigenvalue weighted by Gasteiger charge is -2.13. The fraction of sp³-hybridized carbons (Fsp3) is 0.143. The Balaban J connectivity index is 2.12. The summed E-state index contributed by atoms with van der Waals surface area (Å²) in [4.78, 5) is 15.9. The van der Waals surface area contributed by atoms with Gasteiger partial charge in [0.05, 0.1) is 11.7 Å². The van der Waals surface area contributed by atoms with Crippen molar-refractivity contribution in [2.24, 2.45) is 0 Å². The van der Waals surface area contributed by atoms with Gasteiger partial charge in [0.15, 0.2) is 0 Å². The quantitative estimate of drug-likeness (QED) is 0.841. The number of rotatable bonds is 2. The average molecular weight is 259 g/mol. The van der Waals surface area contributed by atoms with E-state index < -0.39 is 0 Å². The Morgan fingerprint density at radius 2 is 2.00 bits per heavy atom. The van der Waals surface area contributed by atoms with Crippen LogP contribution in [0.4, 0.5) is 0 Å². The summed E-state index contributed by atoms with van der Waals surface area (Å²) in [7, 11) is 0. The maximum absolute atomic E-state index is 11.5. The lowest BCUT2D eigenvalue weighted by Crippen LogP contribution is -2.29. The van der Waals surface area contributed by atoms with Crippen molar-refractivity contribution in [2.75, 3.05) is 5.88 Å². The second kappa shape index (κ2) is 4.42. The zero-order valence-electron chi connectivity index (χ0n) is 9.56. The summed E-state index contributed by atoms with van der Waals surface area (Å²) in [6, 6.07) is 11.7. The third-order valence-electron chi connectivity index (χ3n) is 3.10. The van der Waals surface area contributed by atoms with E-state index in [1.165, 1.54) is 0 Å². The van der Waals surface area contributed by atoms with Gasteiger partial charge in [-0.1, -0.05) is 30.3 Å². The molecule has 1 heterocycles. The monoisotopic (exact) mass is 258 g/mol. The van der Waals surface area contributed by atoms with Crippen LogP contribution in [0.1, 0.15) is 17.3 Å². The van der Waals surface area contributed by atoms with Crippen LogP contribution in [0.5, 0.6) is 0 Å². The van der Waals surface area contributed by atoms with Gasteiger partial charge in [0, 0.05) is 11.8 Å². The van der Waals surface area contributed by atoms with Crippen LogP contribution in [-0.2, 0) is 4.79 Å². The van der Waals surface area contributed by atoms with E-state index in [2.05, 4.69) is 10.3 Å². The minimum Gasteiger partial charge on any atom is -0.343 e. The molecule has 3 rings (SSSR count). The van der Waals surface area contributed by atoms with Crippen molar-refractivity contribution in [3.05, 3.63) is 53.9 Å². The van der Waals surface area contributed by atoms with E-state index in [-0.39, 0.29) is 17.8 Å². The van der Waals surface area contributed by atoms with Crippen LogP contribution in [-0.4, -0.2) is 16.8 Å². The number of nitrogens with one attached hydrogen (secondary N) is 1. The van der Waals surface area contributed by atoms with Gasteiger partial charge in [0.1, 0.15) is 5.88 Å². The highest BCUT2D eigenvalue weighted by Gasteiger charge is 2.30. The van der Waals surface area contributed by atoms with Gasteiger partial charge in [-0.05, 0) is 17.2 Å². The lowest BCUT2D eigenvalue weighted by atomic mass is 10.1. The number of amides is 1. The predicted molar refractivity (Wildman–Crippen MR) is 70.4 cm³/mol. The summed E-state index contributed by atoms with van der Waals surface area (Å²) in [6.07, 6.45) is 1.74. The predicted octanol–water partition coefficient (Wildman–Crippen LogP) is 2.51. The molecule has 90 valence electrons. The zero-order valence-corrected chi connectivity index (χ0v) is 10.3.